The minimum Gasteiger partial charge on any atom is -0.399 e. The van der Waals surface area contributed by atoms with Crippen molar-refractivity contribution in [3.05, 3.63) is 58.5 Å². The average molecular weight is 436 g/mol. The Bertz CT molecular complexity index is 1110. The second-order valence-electron chi connectivity index (χ2n) is 7.08. The Morgan fingerprint density at radius 1 is 1.23 bits per heavy atom. The Labute approximate surface area is 174 Å². The number of aromatic nitrogens is 1. The standard InChI is InChI=1S/C20H25N3O6S/c1-14(22-29-3)15-5-7-16(8-6-15)17-9-11-23(18(24)13-17)12-10-20(2,19(25)21-26)30(4,27)28/h5-9,11,13,26H,10,12H2,1-4H3,(H,21,25). The fourth-order valence-corrected chi connectivity index (χ4v) is 3.73. The molecule has 30 heavy (non-hydrogen) atoms. The maximum absolute atomic E-state index is 12.5. The van der Waals surface area contributed by atoms with Gasteiger partial charge in [-0.3, -0.25) is 14.8 Å². The van der Waals surface area contributed by atoms with E-state index in [4.69, 9.17) is 10.0 Å². The first-order chi connectivity index (χ1) is 14.0. The van der Waals surface area contributed by atoms with Gasteiger partial charge in [-0.05, 0) is 43.0 Å². The summed E-state index contributed by atoms with van der Waals surface area (Å²) in [5, 5.41) is 12.8. The summed E-state index contributed by atoms with van der Waals surface area (Å²) in [5.41, 5.74) is 4.19. The second kappa shape index (κ2) is 9.23. The van der Waals surface area contributed by atoms with Gasteiger partial charge in [-0.2, -0.15) is 0 Å². The molecule has 1 heterocycles. The molecule has 2 rings (SSSR count). The van der Waals surface area contributed by atoms with Gasteiger partial charge in [0.25, 0.3) is 11.5 Å². The number of rotatable bonds is 8. The highest BCUT2D eigenvalue weighted by molar-refractivity contribution is 7.92. The van der Waals surface area contributed by atoms with Crippen molar-refractivity contribution in [2.75, 3.05) is 13.4 Å². The van der Waals surface area contributed by atoms with Crippen LogP contribution in [0.4, 0.5) is 0 Å². The molecule has 0 bridgehead atoms. The van der Waals surface area contributed by atoms with Gasteiger partial charge in [-0.15, -0.1) is 0 Å². The van der Waals surface area contributed by atoms with Crippen LogP contribution in [-0.2, 0) is 26.0 Å². The lowest BCUT2D eigenvalue weighted by Gasteiger charge is -2.25. The Kier molecular flexibility index (Phi) is 7.16. The third-order valence-corrected chi connectivity index (χ3v) is 7.12. The highest BCUT2D eigenvalue weighted by Gasteiger charge is 2.43. The van der Waals surface area contributed by atoms with Crippen molar-refractivity contribution in [2.45, 2.75) is 31.6 Å². The molecule has 1 amide bonds. The van der Waals surface area contributed by atoms with Crippen LogP contribution in [0.25, 0.3) is 11.1 Å². The monoisotopic (exact) mass is 435 g/mol. The first-order valence-electron chi connectivity index (χ1n) is 9.06. The summed E-state index contributed by atoms with van der Waals surface area (Å²) in [6.07, 6.45) is 2.28. The van der Waals surface area contributed by atoms with Gasteiger partial charge >= 0.3 is 0 Å². The topological polar surface area (TPSA) is 127 Å². The van der Waals surface area contributed by atoms with Crippen LogP contribution in [0.5, 0.6) is 0 Å². The maximum Gasteiger partial charge on any atom is 0.264 e. The summed E-state index contributed by atoms with van der Waals surface area (Å²) >= 11 is 0. The van der Waals surface area contributed by atoms with Crippen molar-refractivity contribution in [3.63, 3.8) is 0 Å². The minimum atomic E-state index is -3.83. The van der Waals surface area contributed by atoms with E-state index in [1.165, 1.54) is 30.1 Å². The zero-order valence-corrected chi connectivity index (χ0v) is 18.1. The number of hydrogen-bond acceptors (Lipinski definition) is 7. The molecule has 0 aliphatic carbocycles. The summed E-state index contributed by atoms with van der Waals surface area (Å²) in [5.74, 6) is -1.04. The Balaban J connectivity index is 2.24. The molecule has 0 aliphatic heterocycles. The summed E-state index contributed by atoms with van der Waals surface area (Å²) in [4.78, 5) is 29.2. The number of carbonyl (C=O) groups is 1. The lowest BCUT2D eigenvalue weighted by molar-refractivity contribution is -0.131. The number of carbonyl (C=O) groups excluding carboxylic acids is 1. The SMILES string of the molecule is CON=C(C)c1ccc(-c2ccn(CCC(C)(C(=O)NO)S(C)(=O)=O)c(=O)c2)cc1. The van der Waals surface area contributed by atoms with E-state index in [2.05, 4.69) is 5.16 Å². The summed E-state index contributed by atoms with van der Waals surface area (Å²) < 4.78 is 23.5. The van der Waals surface area contributed by atoms with Crippen LogP contribution in [0.2, 0.25) is 0 Å². The van der Waals surface area contributed by atoms with Crippen molar-refractivity contribution < 1.29 is 23.3 Å². The minimum absolute atomic E-state index is 0.0122. The molecule has 0 fully saturated rings. The third kappa shape index (κ3) is 4.95. The van der Waals surface area contributed by atoms with Crippen LogP contribution in [0.15, 0.2) is 52.5 Å². The first kappa shape index (κ1) is 23.3. The highest BCUT2D eigenvalue weighted by Crippen LogP contribution is 2.23. The van der Waals surface area contributed by atoms with Gasteiger partial charge in [0.15, 0.2) is 14.6 Å². The van der Waals surface area contributed by atoms with Gasteiger partial charge in [0.1, 0.15) is 7.11 Å². The molecule has 1 atom stereocenters. The van der Waals surface area contributed by atoms with E-state index in [0.717, 1.165) is 23.1 Å². The van der Waals surface area contributed by atoms with Crippen molar-refractivity contribution in [1.82, 2.24) is 10.0 Å². The number of pyridine rings is 1. The smallest absolute Gasteiger partial charge is 0.264 e. The van der Waals surface area contributed by atoms with E-state index in [9.17, 15) is 18.0 Å². The average Bonchev–Trinajstić information content (AvgIpc) is 2.71. The fraction of sp³-hybridized carbons (Fsp3) is 0.350. The number of amides is 1. The molecule has 0 radical (unpaired) electrons. The van der Waals surface area contributed by atoms with Gasteiger partial charge < -0.3 is 9.40 Å². The molecule has 10 heteroatoms. The quantitative estimate of drug-likeness (QED) is 0.368. The molecule has 1 aromatic heterocycles. The number of oxime groups is 1. The van der Waals surface area contributed by atoms with Gasteiger partial charge in [0.2, 0.25) is 0 Å². The zero-order valence-electron chi connectivity index (χ0n) is 17.2. The largest absolute Gasteiger partial charge is 0.399 e. The second-order valence-corrected chi connectivity index (χ2v) is 9.52. The summed E-state index contributed by atoms with van der Waals surface area (Å²) in [7, 11) is -2.36. The van der Waals surface area contributed by atoms with Crippen molar-refractivity contribution in [2.24, 2.45) is 5.16 Å². The van der Waals surface area contributed by atoms with E-state index >= 15 is 0 Å². The number of hydrogen-bond donors (Lipinski definition) is 2. The number of nitrogens with zero attached hydrogens (tertiary/aromatic N) is 2. The molecule has 0 aliphatic rings. The molecular weight excluding hydrogens is 410 g/mol. The fourth-order valence-electron chi connectivity index (χ4n) is 2.88. The predicted octanol–water partition coefficient (Wildman–Crippen LogP) is 1.58. The van der Waals surface area contributed by atoms with Gasteiger partial charge in [-0.25, -0.2) is 13.9 Å². The molecule has 0 saturated heterocycles. The van der Waals surface area contributed by atoms with E-state index in [-0.39, 0.29) is 18.5 Å². The van der Waals surface area contributed by atoms with E-state index < -0.39 is 20.5 Å². The van der Waals surface area contributed by atoms with Crippen LogP contribution < -0.4 is 11.0 Å². The van der Waals surface area contributed by atoms with E-state index in [0.29, 0.717) is 5.56 Å². The number of aryl methyl sites for hydroxylation is 1. The molecule has 2 aromatic rings. The number of nitrogens with one attached hydrogen (secondary N) is 1. The Morgan fingerprint density at radius 3 is 2.37 bits per heavy atom. The van der Waals surface area contributed by atoms with Crippen LogP contribution in [0.3, 0.4) is 0 Å². The van der Waals surface area contributed by atoms with Crippen molar-refractivity contribution >= 4 is 21.5 Å². The lowest BCUT2D eigenvalue weighted by Crippen LogP contribution is -2.49. The van der Waals surface area contributed by atoms with Gasteiger partial charge in [0.05, 0.1) is 5.71 Å². The molecule has 9 nitrogen and oxygen atoms in total. The van der Waals surface area contributed by atoms with Crippen LogP contribution in [-0.4, -0.2) is 47.9 Å². The first-order valence-corrected chi connectivity index (χ1v) is 11.0. The predicted molar refractivity (Wildman–Crippen MR) is 113 cm³/mol. The molecule has 0 spiro atoms. The highest BCUT2D eigenvalue weighted by atomic mass is 32.2. The summed E-state index contributed by atoms with van der Waals surface area (Å²) in [6, 6.07) is 10.6. The Hall–Kier alpha value is -2.98. The zero-order chi connectivity index (χ0) is 22.5. The molecule has 1 aromatic carbocycles. The molecule has 1 unspecified atom stereocenters. The van der Waals surface area contributed by atoms with Gasteiger partial charge in [-0.1, -0.05) is 29.4 Å². The number of hydroxylamine groups is 1. The van der Waals surface area contributed by atoms with Crippen LogP contribution in [0, 0.1) is 0 Å². The van der Waals surface area contributed by atoms with E-state index in [1.54, 1.807) is 12.3 Å². The number of benzene rings is 1. The summed E-state index contributed by atoms with van der Waals surface area (Å²) in [6.45, 7) is 3.02. The third-order valence-electron chi connectivity index (χ3n) is 5.09. The van der Waals surface area contributed by atoms with Crippen molar-refractivity contribution in [1.29, 1.82) is 0 Å². The molecule has 162 valence electrons. The van der Waals surface area contributed by atoms with Crippen LogP contribution in [0.1, 0.15) is 25.8 Å². The molecule has 2 N–H and O–H groups in total. The molecule has 0 saturated carbocycles. The maximum atomic E-state index is 12.5. The number of sulfone groups is 1. The van der Waals surface area contributed by atoms with Gasteiger partial charge in [0, 0.05) is 25.1 Å². The normalized spacial score (nSPS) is 14.1. The van der Waals surface area contributed by atoms with E-state index in [1.807, 2.05) is 31.2 Å². The molecular formula is C20H25N3O6S. The van der Waals surface area contributed by atoms with Crippen LogP contribution >= 0.6 is 0 Å². The Morgan fingerprint density at radius 2 is 1.87 bits per heavy atom. The van der Waals surface area contributed by atoms with Crippen molar-refractivity contribution in [3.8, 4) is 11.1 Å². The lowest BCUT2D eigenvalue weighted by atomic mass is 10.0.